The van der Waals surface area contributed by atoms with Gasteiger partial charge < -0.3 is 10.5 Å². The number of hydrogen-bond acceptors (Lipinski definition) is 4. The third-order valence-electron chi connectivity index (χ3n) is 2.24. The molecule has 0 aliphatic carbocycles. The van der Waals surface area contributed by atoms with E-state index in [9.17, 15) is 13.2 Å². The van der Waals surface area contributed by atoms with E-state index in [1.165, 1.54) is 12.1 Å². The zero-order valence-corrected chi connectivity index (χ0v) is 10.2. The molecule has 0 heterocycles. The van der Waals surface area contributed by atoms with E-state index >= 15 is 0 Å². The highest BCUT2D eigenvalue weighted by Gasteiger charge is 2.18. The molecule has 1 atom stereocenters. The first-order valence-corrected chi connectivity index (χ1v) is 6.81. The number of nitrogens with two attached hydrogens (primary N) is 1. The van der Waals surface area contributed by atoms with Crippen molar-refractivity contribution in [2.75, 3.05) is 6.54 Å². The highest BCUT2D eigenvalue weighted by molar-refractivity contribution is 7.89. The monoisotopic (exact) mass is 256 g/mol. The predicted molar refractivity (Wildman–Crippen MR) is 64.9 cm³/mol. The number of benzene rings is 1. The largest absolute Gasteiger partial charge is 0.330 e. The molecule has 0 spiro atoms. The summed E-state index contributed by atoms with van der Waals surface area (Å²) in [5, 5.41) is 0. The van der Waals surface area contributed by atoms with Crippen molar-refractivity contribution in [2.45, 2.75) is 23.8 Å². The second kappa shape index (κ2) is 6.48. The van der Waals surface area contributed by atoms with Crippen LogP contribution in [-0.4, -0.2) is 27.3 Å². The Morgan fingerprint density at radius 3 is 2.47 bits per heavy atom. The molecule has 5 nitrogen and oxygen atoms in total. The third-order valence-corrected chi connectivity index (χ3v) is 3.75. The second-order valence-electron chi connectivity index (χ2n) is 3.61. The first kappa shape index (κ1) is 13.8. The minimum atomic E-state index is -3.62. The maximum absolute atomic E-state index is 11.9. The fourth-order valence-electron chi connectivity index (χ4n) is 1.36. The molecule has 1 aromatic carbocycles. The maximum Gasteiger partial charge on any atom is 0.241 e. The van der Waals surface area contributed by atoms with E-state index in [-0.39, 0.29) is 4.90 Å². The fraction of sp³-hybridized carbons (Fsp3) is 0.364. The van der Waals surface area contributed by atoms with Crippen LogP contribution in [0.4, 0.5) is 0 Å². The average Bonchev–Trinajstić information content (AvgIpc) is 2.35. The molecule has 0 fully saturated rings. The Bertz CT molecular complexity index is 445. The number of carbonyl (C=O) groups excluding carboxylic acids is 1. The smallest absolute Gasteiger partial charge is 0.241 e. The summed E-state index contributed by atoms with van der Waals surface area (Å²) in [7, 11) is -3.62. The molecule has 0 radical (unpaired) electrons. The topological polar surface area (TPSA) is 89.3 Å². The number of sulfonamides is 1. The Morgan fingerprint density at radius 2 is 1.94 bits per heavy atom. The molecular formula is C11H16N2O3S. The van der Waals surface area contributed by atoms with Crippen molar-refractivity contribution in [1.82, 2.24) is 4.72 Å². The molecule has 0 amide bonds. The van der Waals surface area contributed by atoms with E-state index in [4.69, 9.17) is 5.73 Å². The lowest BCUT2D eigenvalue weighted by Crippen LogP contribution is -2.36. The number of hydrogen-bond donors (Lipinski definition) is 2. The molecule has 0 bridgehead atoms. The first-order chi connectivity index (χ1) is 8.10. The van der Waals surface area contributed by atoms with Gasteiger partial charge in [-0.3, -0.25) is 0 Å². The lowest BCUT2D eigenvalue weighted by atomic mass is 10.2. The van der Waals surface area contributed by atoms with E-state index in [0.29, 0.717) is 25.7 Å². The van der Waals surface area contributed by atoms with Gasteiger partial charge in [0.2, 0.25) is 10.0 Å². The second-order valence-corrected chi connectivity index (χ2v) is 5.32. The van der Waals surface area contributed by atoms with E-state index in [2.05, 4.69) is 4.72 Å². The van der Waals surface area contributed by atoms with Gasteiger partial charge in [-0.25, -0.2) is 13.1 Å². The summed E-state index contributed by atoms with van der Waals surface area (Å²) in [6.07, 6.45) is 1.60. The van der Waals surface area contributed by atoms with Crippen LogP contribution in [0.2, 0.25) is 0 Å². The van der Waals surface area contributed by atoms with Gasteiger partial charge in [0.15, 0.2) is 0 Å². The van der Waals surface area contributed by atoms with Crippen LogP contribution < -0.4 is 10.5 Å². The number of rotatable bonds is 7. The summed E-state index contributed by atoms with van der Waals surface area (Å²) in [4.78, 5) is 10.9. The molecule has 3 N–H and O–H groups in total. The Balaban J connectivity index is 2.75. The van der Waals surface area contributed by atoms with Crippen LogP contribution in [0.25, 0.3) is 0 Å². The van der Waals surface area contributed by atoms with Gasteiger partial charge in [0.1, 0.15) is 6.29 Å². The van der Waals surface area contributed by atoms with Crippen LogP contribution in [0, 0.1) is 0 Å². The summed E-state index contributed by atoms with van der Waals surface area (Å²) in [6.45, 7) is 0.428. The molecule has 6 heteroatoms. The molecular weight excluding hydrogens is 240 g/mol. The van der Waals surface area contributed by atoms with Gasteiger partial charge in [-0.1, -0.05) is 18.2 Å². The van der Waals surface area contributed by atoms with Gasteiger partial charge in [0, 0.05) is 0 Å². The normalized spacial score (nSPS) is 13.2. The number of carbonyl (C=O) groups is 1. The lowest BCUT2D eigenvalue weighted by Gasteiger charge is -2.12. The SMILES string of the molecule is NCCC[C@@H](C=O)NS(=O)(=O)c1ccccc1. The van der Waals surface area contributed by atoms with Gasteiger partial charge >= 0.3 is 0 Å². The van der Waals surface area contributed by atoms with E-state index in [0.717, 1.165) is 0 Å². The number of aldehydes is 1. The summed E-state index contributed by atoms with van der Waals surface area (Å²) in [5.41, 5.74) is 5.31. The van der Waals surface area contributed by atoms with Crippen molar-refractivity contribution in [3.8, 4) is 0 Å². The maximum atomic E-state index is 11.9. The average molecular weight is 256 g/mol. The molecule has 0 aliphatic rings. The van der Waals surface area contributed by atoms with Gasteiger partial charge in [0.05, 0.1) is 10.9 Å². The summed E-state index contributed by atoms with van der Waals surface area (Å²) in [5.74, 6) is 0. The molecule has 0 saturated carbocycles. The number of nitrogens with one attached hydrogen (secondary N) is 1. The van der Waals surface area contributed by atoms with Crippen molar-refractivity contribution >= 4 is 16.3 Å². The van der Waals surface area contributed by atoms with Crippen LogP contribution >= 0.6 is 0 Å². The van der Waals surface area contributed by atoms with Crippen LogP contribution in [0.1, 0.15) is 12.8 Å². The minimum absolute atomic E-state index is 0.152. The van der Waals surface area contributed by atoms with Gasteiger partial charge in [-0.05, 0) is 31.5 Å². The molecule has 94 valence electrons. The predicted octanol–water partition coefficient (Wildman–Crippen LogP) is 0.271. The highest BCUT2D eigenvalue weighted by Crippen LogP contribution is 2.08. The summed E-state index contributed by atoms with van der Waals surface area (Å²) >= 11 is 0. The Hall–Kier alpha value is -1.24. The van der Waals surface area contributed by atoms with Gasteiger partial charge in [-0.15, -0.1) is 0 Å². The van der Waals surface area contributed by atoms with Crippen LogP contribution in [0.3, 0.4) is 0 Å². The van der Waals surface area contributed by atoms with Crippen molar-refractivity contribution in [2.24, 2.45) is 5.73 Å². The molecule has 0 aliphatic heterocycles. The standard InChI is InChI=1S/C11H16N2O3S/c12-8-4-5-10(9-14)13-17(15,16)11-6-2-1-3-7-11/h1-3,6-7,9-10,13H,4-5,8,12H2/t10-/m0/s1. The summed E-state index contributed by atoms with van der Waals surface area (Å²) in [6, 6.07) is 7.23. The highest BCUT2D eigenvalue weighted by atomic mass is 32.2. The summed E-state index contributed by atoms with van der Waals surface area (Å²) < 4.78 is 26.1. The fourth-order valence-corrected chi connectivity index (χ4v) is 2.58. The van der Waals surface area contributed by atoms with Crippen molar-refractivity contribution in [3.05, 3.63) is 30.3 Å². The third kappa shape index (κ3) is 4.26. The van der Waals surface area contributed by atoms with Gasteiger partial charge in [-0.2, -0.15) is 0 Å². The first-order valence-electron chi connectivity index (χ1n) is 5.33. The molecule has 0 unspecified atom stereocenters. The minimum Gasteiger partial charge on any atom is -0.330 e. The van der Waals surface area contributed by atoms with E-state index in [1.807, 2.05) is 0 Å². The molecule has 0 saturated heterocycles. The Morgan fingerprint density at radius 1 is 1.29 bits per heavy atom. The zero-order valence-electron chi connectivity index (χ0n) is 9.37. The van der Waals surface area contributed by atoms with Crippen molar-refractivity contribution < 1.29 is 13.2 Å². The molecule has 17 heavy (non-hydrogen) atoms. The van der Waals surface area contributed by atoms with Crippen LogP contribution in [-0.2, 0) is 14.8 Å². The van der Waals surface area contributed by atoms with Crippen molar-refractivity contribution in [1.29, 1.82) is 0 Å². The Kier molecular flexibility index (Phi) is 5.27. The quantitative estimate of drug-likeness (QED) is 0.685. The molecule has 1 rings (SSSR count). The Labute approximate surface area is 101 Å². The van der Waals surface area contributed by atoms with Gasteiger partial charge in [0.25, 0.3) is 0 Å². The van der Waals surface area contributed by atoms with Crippen LogP contribution in [0.15, 0.2) is 35.2 Å². The van der Waals surface area contributed by atoms with E-state index < -0.39 is 16.1 Å². The zero-order chi connectivity index (χ0) is 12.7. The molecule has 0 aromatic heterocycles. The van der Waals surface area contributed by atoms with Crippen molar-refractivity contribution in [3.63, 3.8) is 0 Å². The van der Waals surface area contributed by atoms with Crippen LogP contribution in [0.5, 0.6) is 0 Å². The molecule has 1 aromatic rings. The van der Waals surface area contributed by atoms with E-state index in [1.54, 1.807) is 18.2 Å². The lowest BCUT2D eigenvalue weighted by molar-refractivity contribution is -0.109.